The summed E-state index contributed by atoms with van der Waals surface area (Å²) >= 11 is 0. The van der Waals surface area contributed by atoms with Crippen LogP contribution in [0.2, 0.25) is 0 Å². The van der Waals surface area contributed by atoms with Crippen molar-refractivity contribution in [3.8, 4) is 17.0 Å². The van der Waals surface area contributed by atoms with Crippen LogP contribution in [-0.2, 0) is 17.6 Å². The van der Waals surface area contributed by atoms with Gasteiger partial charge in [-0.3, -0.25) is 4.79 Å². The van der Waals surface area contributed by atoms with E-state index in [4.69, 9.17) is 9.47 Å². The number of hydrogen-bond acceptors (Lipinski definition) is 7. The second-order valence-corrected chi connectivity index (χ2v) is 7.64. The molecule has 8 nitrogen and oxygen atoms in total. The lowest BCUT2D eigenvalue weighted by molar-refractivity contribution is 0.183. The maximum atomic E-state index is 12.6. The Kier molecular flexibility index (Phi) is 4.92. The number of hydrogen-bond donors (Lipinski definition) is 1. The normalized spacial score (nSPS) is 20.2. The van der Waals surface area contributed by atoms with Crippen molar-refractivity contribution >= 4 is 5.82 Å². The first-order valence-corrected chi connectivity index (χ1v) is 10.2. The number of benzene rings is 1. The summed E-state index contributed by atoms with van der Waals surface area (Å²) < 4.78 is 12.5. The number of aryl methyl sites for hydroxylation is 2. The first kappa shape index (κ1) is 18.7. The van der Waals surface area contributed by atoms with Gasteiger partial charge in [-0.25, -0.2) is 4.68 Å². The number of anilines is 1. The van der Waals surface area contributed by atoms with Crippen LogP contribution in [0.3, 0.4) is 0 Å². The Morgan fingerprint density at radius 2 is 2.07 bits per heavy atom. The topological polar surface area (TPSA) is 91.2 Å². The van der Waals surface area contributed by atoms with Crippen LogP contribution in [0.15, 0.2) is 47.3 Å². The Morgan fingerprint density at radius 1 is 1.13 bits per heavy atom. The molecule has 154 valence electrons. The molecule has 5 rings (SSSR count). The molecule has 0 amide bonds. The van der Waals surface area contributed by atoms with Crippen LogP contribution in [0.5, 0.6) is 5.75 Å². The quantitative estimate of drug-likeness (QED) is 0.696. The molecule has 2 unspecified atom stereocenters. The van der Waals surface area contributed by atoms with Gasteiger partial charge in [-0.05, 0) is 49.1 Å². The van der Waals surface area contributed by atoms with E-state index < -0.39 is 0 Å². The van der Waals surface area contributed by atoms with Crippen LogP contribution in [0, 0.1) is 0 Å². The van der Waals surface area contributed by atoms with Crippen molar-refractivity contribution in [3.63, 3.8) is 0 Å². The maximum Gasteiger partial charge on any atom is 0.267 e. The van der Waals surface area contributed by atoms with Crippen molar-refractivity contribution in [1.29, 1.82) is 0 Å². The zero-order valence-corrected chi connectivity index (χ0v) is 16.7. The predicted molar refractivity (Wildman–Crippen MR) is 112 cm³/mol. The van der Waals surface area contributed by atoms with E-state index in [2.05, 4.69) is 26.7 Å². The van der Waals surface area contributed by atoms with E-state index in [9.17, 15) is 4.79 Å². The zero-order valence-electron chi connectivity index (χ0n) is 16.7. The van der Waals surface area contributed by atoms with Gasteiger partial charge in [-0.1, -0.05) is 12.1 Å². The van der Waals surface area contributed by atoms with Crippen LogP contribution < -0.4 is 15.6 Å². The average molecular weight is 405 g/mol. The van der Waals surface area contributed by atoms with Gasteiger partial charge in [0.1, 0.15) is 17.6 Å². The van der Waals surface area contributed by atoms with E-state index in [0.29, 0.717) is 24.7 Å². The first-order chi connectivity index (χ1) is 14.7. The molecule has 30 heavy (non-hydrogen) atoms. The molecule has 0 spiro atoms. The van der Waals surface area contributed by atoms with E-state index in [-0.39, 0.29) is 17.6 Å². The molecular weight excluding hydrogens is 382 g/mol. The molecule has 1 fully saturated rings. The lowest BCUT2D eigenvalue weighted by atomic mass is 10.1. The minimum absolute atomic E-state index is 0.121. The minimum Gasteiger partial charge on any atom is -0.497 e. The highest BCUT2D eigenvalue weighted by Crippen LogP contribution is 2.26. The van der Waals surface area contributed by atoms with E-state index in [1.807, 2.05) is 24.3 Å². The Bertz CT molecular complexity index is 1130. The fourth-order valence-electron chi connectivity index (χ4n) is 4.11. The highest BCUT2D eigenvalue weighted by molar-refractivity contribution is 5.60. The number of aromatic nitrogens is 4. The molecule has 1 aliphatic heterocycles. The summed E-state index contributed by atoms with van der Waals surface area (Å²) in [6.07, 6.45) is 3.15. The monoisotopic (exact) mass is 405 g/mol. The van der Waals surface area contributed by atoms with Gasteiger partial charge in [0.2, 0.25) is 0 Å². The lowest BCUT2D eigenvalue weighted by Gasteiger charge is -2.21. The smallest absolute Gasteiger partial charge is 0.267 e. The van der Waals surface area contributed by atoms with Gasteiger partial charge in [0.25, 0.3) is 5.56 Å². The second-order valence-electron chi connectivity index (χ2n) is 7.64. The summed E-state index contributed by atoms with van der Waals surface area (Å²) in [7, 11) is 1.63. The fourth-order valence-corrected chi connectivity index (χ4v) is 4.11. The Morgan fingerprint density at radius 3 is 2.97 bits per heavy atom. The summed E-state index contributed by atoms with van der Waals surface area (Å²) in [5.41, 5.74) is 3.76. The van der Waals surface area contributed by atoms with Crippen LogP contribution in [0.1, 0.15) is 23.7 Å². The van der Waals surface area contributed by atoms with Gasteiger partial charge >= 0.3 is 0 Å². The molecule has 3 aromatic rings. The van der Waals surface area contributed by atoms with Crippen LogP contribution in [0.25, 0.3) is 11.3 Å². The van der Waals surface area contributed by atoms with Gasteiger partial charge < -0.3 is 14.8 Å². The molecule has 1 aromatic carbocycles. The van der Waals surface area contributed by atoms with E-state index in [1.54, 1.807) is 19.2 Å². The maximum absolute atomic E-state index is 12.6. The summed E-state index contributed by atoms with van der Waals surface area (Å²) in [4.78, 5) is 12.6. The SMILES string of the molecule is COc1cccc(-c2ccc(=O)n(C3COCC3Nc3cc4c(nn3)CCC4)n2)c1. The summed E-state index contributed by atoms with van der Waals surface area (Å²) in [5.74, 6) is 1.46. The van der Waals surface area contributed by atoms with Gasteiger partial charge in [0.15, 0.2) is 0 Å². The zero-order chi connectivity index (χ0) is 20.5. The third-order valence-corrected chi connectivity index (χ3v) is 5.71. The largest absolute Gasteiger partial charge is 0.497 e. The molecule has 1 saturated heterocycles. The van der Waals surface area contributed by atoms with Crippen molar-refractivity contribution in [2.45, 2.75) is 31.3 Å². The van der Waals surface area contributed by atoms with E-state index in [1.165, 1.54) is 10.2 Å². The third kappa shape index (κ3) is 3.54. The summed E-state index contributed by atoms with van der Waals surface area (Å²) in [6, 6.07) is 12.6. The van der Waals surface area contributed by atoms with Crippen molar-refractivity contribution in [2.75, 3.05) is 25.6 Å². The Hall–Kier alpha value is -3.26. The van der Waals surface area contributed by atoms with Gasteiger partial charge in [0, 0.05) is 11.6 Å². The molecule has 2 aliphatic rings. The van der Waals surface area contributed by atoms with Crippen molar-refractivity contribution < 1.29 is 9.47 Å². The highest BCUT2D eigenvalue weighted by atomic mass is 16.5. The van der Waals surface area contributed by atoms with Crippen molar-refractivity contribution in [3.05, 3.63) is 64.1 Å². The Labute approximate surface area is 173 Å². The molecule has 8 heteroatoms. The number of methoxy groups -OCH3 is 1. The highest BCUT2D eigenvalue weighted by Gasteiger charge is 2.32. The van der Waals surface area contributed by atoms with Crippen LogP contribution in [0.4, 0.5) is 5.82 Å². The minimum atomic E-state index is -0.238. The molecule has 1 aliphatic carbocycles. The van der Waals surface area contributed by atoms with E-state index >= 15 is 0 Å². The Balaban J connectivity index is 1.43. The van der Waals surface area contributed by atoms with E-state index in [0.717, 1.165) is 36.3 Å². The van der Waals surface area contributed by atoms with Crippen LogP contribution in [-0.4, -0.2) is 46.3 Å². The van der Waals surface area contributed by atoms with Crippen molar-refractivity contribution in [1.82, 2.24) is 20.0 Å². The van der Waals surface area contributed by atoms with Crippen molar-refractivity contribution in [2.24, 2.45) is 0 Å². The third-order valence-electron chi connectivity index (χ3n) is 5.71. The van der Waals surface area contributed by atoms with Gasteiger partial charge in [0.05, 0.1) is 37.8 Å². The first-order valence-electron chi connectivity index (χ1n) is 10.2. The van der Waals surface area contributed by atoms with Gasteiger partial charge in [-0.15, -0.1) is 5.10 Å². The number of rotatable bonds is 5. The summed E-state index contributed by atoms with van der Waals surface area (Å²) in [5, 5.41) is 16.7. The second kappa shape index (κ2) is 7.87. The fraction of sp³-hybridized carbons (Fsp3) is 0.364. The summed E-state index contributed by atoms with van der Waals surface area (Å²) in [6.45, 7) is 0.880. The molecule has 2 atom stereocenters. The molecule has 0 bridgehead atoms. The molecular formula is C22H23N5O3. The molecule has 1 N–H and O–H groups in total. The lowest BCUT2D eigenvalue weighted by Crippen LogP contribution is -2.37. The number of nitrogens with zero attached hydrogens (tertiary/aromatic N) is 4. The molecule has 2 aromatic heterocycles. The number of ether oxygens (including phenoxy) is 2. The molecule has 0 saturated carbocycles. The molecule has 0 radical (unpaired) electrons. The number of fused-ring (bicyclic) bond motifs is 1. The van der Waals surface area contributed by atoms with Gasteiger partial charge in [-0.2, -0.15) is 10.2 Å². The average Bonchev–Trinajstić information content (AvgIpc) is 3.43. The molecule has 3 heterocycles. The standard InChI is InChI=1S/C22H23N5O3/c1-29-16-6-2-4-14(10-16)18-8-9-22(28)27(26-18)20-13-30-12-19(20)23-21-11-15-5-3-7-17(15)24-25-21/h2,4,6,8-11,19-20H,3,5,7,12-13H2,1H3,(H,23,25). The predicted octanol–water partition coefficient (Wildman–Crippen LogP) is 2.25. The number of nitrogens with one attached hydrogen (secondary N) is 1. The van der Waals surface area contributed by atoms with Crippen LogP contribution >= 0.6 is 0 Å².